The minimum Gasteiger partial charge on any atom is -0.481 e. The molecule has 0 saturated carbocycles. The summed E-state index contributed by atoms with van der Waals surface area (Å²) >= 11 is 0. The molecule has 2 rings (SSSR count). The van der Waals surface area contributed by atoms with Gasteiger partial charge in [0.25, 0.3) is 0 Å². The van der Waals surface area contributed by atoms with Crippen molar-refractivity contribution in [2.24, 2.45) is 0 Å². The topological polar surface area (TPSA) is 56.3 Å². The van der Waals surface area contributed by atoms with Gasteiger partial charge in [-0.15, -0.1) is 0 Å². The second kappa shape index (κ2) is 6.34. The Labute approximate surface area is 120 Å². The fourth-order valence-corrected chi connectivity index (χ4v) is 1.88. The standard InChI is InChI=1S/C14H15F2N3O2/c1-8-4-5-10(15)12(11(8)16)17-6-9-13(20-2)18-7-19-14(9)21-3/h4-5,7,17H,6H2,1-3H3. The number of halogens is 2. The molecule has 5 nitrogen and oxygen atoms in total. The van der Waals surface area contributed by atoms with Gasteiger partial charge >= 0.3 is 0 Å². The first kappa shape index (κ1) is 15.0. The van der Waals surface area contributed by atoms with Crippen molar-refractivity contribution in [3.8, 4) is 11.8 Å². The Hall–Kier alpha value is -2.44. The zero-order valence-electron chi connectivity index (χ0n) is 11.9. The molecule has 0 aliphatic carbocycles. The van der Waals surface area contributed by atoms with E-state index in [1.807, 2.05) is 0 Å². The molecule has 21 heavy (non-hydrogen) atoms. The number of nitrogens with one attached hydrogen (secondary N) is 1. The smallest absolute Gasteiger partial charge is 0.225 e. The Morgan fingerprint density at radius 2 is 1.71 bits per heavy atom. The van der Waals surface area contributed by atoms with Crippen molar-refractivity contribution in [3.05, 3.63) is 41.2 Å². The Balaban J connectivity index is 2.31. The highest BCUT2D eigenvalue weighted by molar-refractivity contribution is 5.50. The molecule has 0 fully saturated rings. The molecule has 0 aliphatic heterocycles. The molecule has 0 amide bonds. The zero-order chi connectivity index (χ0) is 15.4. The first-order valence-corrected chi connectivity index (χ1v) is 6.18. The van der Waals surface area contributed by atoms with Crippen molar-refractivity contribution in [1.82, 2.24) is 9.97 Å². The second-order valence-electron chi connectivity index (χ2n) is 4.28. The first-order chi connectivity index (χ1) is 10.1. The van der Waals surface area contributed by atoms with E-state index in [-0.39, 0.29) is 24.0 Å². The van der Waals surface area contributed by atoms with Gasteiger partial charge in [-0.2, -0.15) is 0 Å². The maximum absolute atomic E-state index is 13.9. The molecule has 2 aromatic rings. The van der Waals surface area contributed by atoms with Gasteiger partial charge in [-0.05, 0) is 18.6 Å². The number of benzene rings is 1. The summed E-state index contributed by atoms with van der Waals surface area (Å²) in [6.45, 7) is 1.62. The van der Waals surface area contributed by atoms with E-state index in [0.717, 1.165) is 0 Å². The van der Waals surface area contributed by atoms with E-state index in [4.69, 9.17) is 9.47 Å². The molecular formula is C14H15F2N3O2. The van der Waals surface area contributed by atoms with Crippen LogP contribution in [0.4, 0.5) is 14.5 Å². The van der Waals surface area contributed by atoms with E-state index in [0.29, 0.717) is 11.1 Å². The van der Waals surface area contributed by atoms with Gasteiger partial charge in [0, 0.05) is 0 Å². The molecule has 1 aromatic heterocycles. The summed E-state index contributed by atoms with van der Waals surface area (Å²) < 4.78 is 37.8. The number of nitrogens with zero attached hydrogens (tertiary/aromatic N) is 2. The normalized spacial score (nSPS) is 10.3. The Kier molecular flexibility index (Phi) is 4.52. The highest BCUT2D eigenvalue weighted by Gasteiger charge is 2.16. The highest BCUT2D eigenvalue weighted by Crippen LogP contribution is 2.27. The summed E-state index contributed by atoms with van der Waals surface area (Å²) in [4.78, 5) is 7.88. The van der Waals surface area contributed by atoms with Gasteiger partial charge in [0.1, 0.15) is 17.8 Å². The molecule has 1 aromatic carbocycles. The lowest BCUT2D eigenvalue weighted by molar-refractivity contribution is 0.363. The summed E-state index contributed by atoms with van der Waals surface area (Å²) in [5.41, 5.74) is 0.618. The Morgan fingerprint density at radius 3 is 2.29 bits per heavy atom. The molecule has 0 aliphatic rings. The number of anilines is 1. The summed E-state index contributed by atoms with van der Waals surface area (Å²) in [6.07, 6.45) is 1.29. The number of aryl methyl sites for hydroxylation is 1. The van der Waals surface area contributed by atoms with Crippen LogP contribution in [0.1, 0.15) is 11.1 Å². The van der Waals surface area contributed by atoms with Crippen molar-refractivity contribution in [3.63, 3.8) is 0 Å². The number of hydrogen-bond donors (Lipinski definition) is 1. The molecule has 112 valence electrons. The number of aromatic nitrogens is 2. The fraction of sp³-hybridized carbons (Fsp3) is 0.286. The summed E-state index contributed by atoms with van der Waals surface area (Å²) in [7, 11) is 2.89. The average Bonchev–Trinajstić information content (AvgIpc) is 2.50. The van der Waals surface area contributed by atoms with Crippen molar-refractivity contribution in [1.29, 1.82) is 0 Å². The monoisotopic (exact) mass is 295 g/mol. The predicted octanol–water partition coefficient (Wildman–Crippen LogP) is 2.69. The van der Waals surface area contributed by atoms with Crippen molar-refractivity contribution in [2.75, 3.05) is 19.5 Å². The third-order valence-corrected chi connectivity index (χ3v) is 2.98. The van der Waals surface area contributed by atoms with E-state index >= 15 is 0 Å². The van der Waals surface area contributed by atoms with Gasteiger partial charge in [0.15, 0.2) is 5.82 Å². The molecule has 0 bridgehead atoms. The van der Waals surface area contributed by atoms with Gasteiger partial charge in [-0.3, -0.25) is 0 Å². The van der Waals surface area contributed by atoms with E-state index in [1.54, 1.807) is 6.92 Å². The van der Waals surface area contributed by atoms with Crippen molar-refractivity contribution in [2.45, 2.75) is 13.5 Å². The van der Waals surface area contributed by atoms with Crippen LogP contribution in [0.2, 0.25) is 0 Å². The largest absolute Gasteiger partial charge is 0.481 e. The molecule has 1 heterocycles. The number of hydrogen-bond acceptors (Lipinski definition) is 5. The summed E-state index contributed by atoms with van der Waals surface area (Å²) in [6, 6.07) is 2.58. The molecule has 1 N–H and O–H groups in total. The van der Waals surface area contributed by atoms with Gasteiger partial charge < -0.3 is 14.8 Å². The maximum atomic E-state index is 13.9. The van der Waals surface area contributed by atoms with E-state index in [2.05, 4.69) is 15.3 Å². The number of methoxy groups -OCH3 is 2. The van der Waals surface area contributed by atoms with Gasteiger partial charge in [0.05, 0.1) is 26.3 Å². The van der Waals surface area contributed by atoms with Crippen LogP contribution in [0.25, 0.3) is 0 Å². The zero-order valence-corrected chi connectivity index (χ0v) is 11.9. The molecule has 7 heteroatoms. The SMILES string of the molecule is COc1ncnc(OC)c1CNc1c(F)ccc(C)c1F. The minimum atomic E-state index is -0.673. The molecular weight excluding hydrogens is 280 g/mol. The first-order valence-electron chi connectivity index (χ1n) is 6.18. The van der Waals surface area contributed by atoms with Crippen LogP contribution in [0.15, 0.2) is 18.5 Å². The van der Waals surface area contributed by atoms with Crippen LogP contribution in [0, 0.1) is 18.6 Å². The van der Waals surface area contributed by atoms with Crippen LogP contribution in [0.3, 0.4) is 0 Å². The van der Waals surface area contributed by atoms with Crippen LogP contribution < -0.4 is 14.8 Å². The number of ether oxygens (including phenoxy) is 2. The lowest BCUT2D eigenvalue weighted by Gasteiger charge is -2.13. The molecule has 0 radical (unpaired) electrons. The van der Waals surface area contributed by atoms with E-state index < -0.39 is 11.6 Å². The van der Waals surface area contributed by atoms with Crippen LogP contribution in [-0.4, -0.2) is 24.2 Å². The second-order valence-corrected chi connectivity index (χ2v) is 4.28. The van der Waals surface area contributed by atoms with Crippen LogP contribution in [0.5, 0.6) is 11.8 Å². The van der Waals surface area contributed by atoms with Crippen molar-refractivity contribution < 1.29 is 18.3 Å². The third kappa shape index (κ3) is 3.01. The fourth-order valence-electron chi connectivity index (χ4n) is 1.88. The quantitative estimate of drug-likeness (QED) is 0.919. The Bertz CT molecular complexity index is 628. The molecule has 0 unspecified atom stereocenters. The highest BCUT2D eigenvalue weighted by atomic mass is 19.1. The van der Waals surface area contributed by atoms with Crippen molar-refractivity contribution >= 4 is 5.69 Å². The Morgan fingerprint density at radius 1 is 1.10 bits per heavy atom. The van der Waals surface area contributed by atoms with Gasteiger partial charge in [0.2, 0.25) is 11.8 Å². The summed E-state index contributed by atoms with van der Waals surface area (Å²) in [5, 5.41) is 2.70. The third-order valence-electron chi connectivity index (χ3n) is 2.98. The van der Waals surface area contributed by atoms with Crippen LogP contribution >= 0.6 is 0 Å². The summed E-state index contributed by atoms with van der Waals surface area (Å²) in [5.74, 6) is -0.747. The molecule has 0 saturated heterocycles. The lowest BCUT2D eigenvalue weighted by atomic mass is 10.2. The van der Waals surface area contributed by atoms with E-state index in [9.17, 15) is 8.78 Å². The van der Waals surface area contributed by atoms with Gasteiger partial charge in [-0.25, -0.2) is 18.7 Å². The van der Waals surface area contributed by atoms with Crippen LogP contribution in [-0.2, 0) is 6.54 Å². The lowest BCUT2D eigenvalue weighted by Crippen LogP contribution is -2.09. The molecule has 0 spiro atoms. The number of rotatable bonds is 5. The van der Waals surface area contributed by atoms with E-state index in [1.165, 1.54) is 32.7 Å². The predicted molar refractivity (Wildman–Crippen MR) is 73.6 cm³/mol. The van der Waals surface area contributed by atoms with Gasteiger partial charge in [-0.1, -0.05) is 6.07 Å². The maximum Gasteiger partial charge on any atom is 0.225 e. The minimum absolute atomic E-state index is 0.0600. The molecule has 0 atom stereocenters. The average molecular weight is 295 g/mol.